The first kappa shape index (κ1) is 28.1. The van der Waals surface area contributed by atoms with E-state index < -0.39 is 34.3 Å². The maximum Gasteiger partial charge on any atom is 0.244 e. The molecule has 1 atom stereocenters. The molecular formula is C27H29ClFN3O4S. The van der Waals surface area contributed by atoms with Crippen molar-refractivity contribution in [3.8, 4) is 0 Å². The molecule has 3 aromatic rings. The SMILES string of the molecule is CCNC(=O)[C@@H](Cc1ccccc1)N(Cc1ccccc1Cl)C(=O)CN(c1cccc(F)c1)S(C)(=O)=O. The smallest absolute Gasteiger partial charge is 0.244 e. The van der Waals surface area contributed by atoms with E-state index in [0.717, 1.165) is 22.2 Å². The molecule has 10 heteroatoms. The fourth-order valence-corrected chi connectivity index (χ4v) is 4.94. The lowest BCUT2D eigenvalue weighted by atomic mass is 10.0. The summed E-state index contributed by atoms with van der Waals surface area (Å²) in [7, 11) is -3.97. The lowest BCUT2D eigenvalue weighted by Crippen LogP contribution is -2.53. The Morgan fingerprint density at radius 1 is 1.00 bits per heavy atom. The number of anilines is 1. The molecule has 37 heavy (non-hydrogen) atoms. The number of rotatable bonds is 11. The average Bonchev–Trinajstić information content (AvgIpc) is 2.85. The first-order chi connectivity index (χ1) is 17.6. The van der Waals surface area contributed by atoms with Crippen LogP contribution < -0.4 is 9.62 Å². The summed E-state index contributed by atoms with van der Waals surface area (Å²) in [5.41, 5.74) is 1.42. The van der Waals surface area contributed by atoms with Crippen LogP contribution in [0, 0.1) is 5.82 Å². The van der Waals surface area contributed by atoms with Gasteiger partial charge in [-0.05, 0) is 42.3 Å². The Morgan fingerprint density at radius 2 is 1.68 bits per heavy atom. The molecule has 0 saturated carbocycles. The number of halogens is 2. The van der Waals surface area contributed by atoms with Crippen molar-refractivity contribution >= 4 is 39.1 Å². The number of carbonyl (C=O) groups excluding carboxylic acids is 2. The maximum atomic E-state index is 13.9. The third-order valence-corrected chi connectivity index (χ3v) is 7.21. The van der Waals surface area contributed by atoms with Crippen molar-refractivity contribution in [3.63, 3.8) is 0 Å². The molecule has 0 fully saturated rings. The van der Waals surface area contributed by atoms with Crippen molar-refractivity contribution in [2.24, 2.45) is 0 Å². The van der Waals surface area contributed by atoms with E-state index >= 15 is 0 Å². The van der Waals surface area contributed by atoms with Gasteiger partial charge in [0.15, 0.2) is 0 Å². The van der Waals surface area contributed by atoms with E-state index in [2.05, 4.69) is 5.32 Å². The van der Waals surface area contributed by atoms with Gasteiger partial charge in [-0.1, -0.05) is 66.2 Å². The molecule has 0 saturated heterocycles. The van der Waals surface area contributed by atoms with Crippen molar-refractivity contribution in [1.29, 1.82) is 0 Å². The highest BCUT2D eigenvalue weighted by molar-refractivity contribution is 7.92. The summed E-state index contributed by atoms with van der Waals surface area (Å²) >= 11 is 6.38. The van der Waals surface area contributed by atoms with Gasteiger partial charge in [0.2, 0.25) is 21.8 Å². The summed E-state index contributed by atoms with van der Waals surface area (Å²) in [6.45, 7) is 1.45. The van der Waals surface area contributed by atoms with Crippen LogP contribution >= 0.6 is 11.6 Å². The third kappa shape index (κ3) is 7.77. The van der Waals surface area contributed by atoms with Crippen LogP contribution in [0.4, 0.5) is 10.1 Å². The Hall–Kier alpha value is -3.43. The van der Waals surface area contributed by atoms with Crippen molar-refractivity contribution in [2.75, 3.05) is 23.7 Å². The van der Waals surface area contributed by atoms with E-state index in [1.165, 1.54) is 23.1 Å². The topological polar surface area (TPSA) is 86.8 Å². The zero-order valence-electron chi connectivity index (χ0n) is 20.6. The van der Waals surface area contributed by atoms with Crippen LogP contribution in [-0.2, 0) is 32.6 Å². The number of carbonyl (C=O) groups is 2. The van der Waals surface area contributed by atoms with Crippen LogP contribution in [0.25, 0.3) is 0 Å². The van der Waals surface area contributed by atoms with Crippen LogP contribution in [0.3, 0.4) is 0 Å². The highest BCUT2D eigenvalue weighted by Gasteiger charge is 2.33. The summed E-state index contributed by atoms with van der Waals surface area (Å²) in [4.78, 5) is 28.4. The van der Waals surface area contributed by atoms with Crippen molar-refractivity contribution in [1.82, 2.24) is 10.2 Å². The predicted molar refractivity (Wildman–Crippen MR) is 143 cm³/mol. The number of likely N-dealkylation sites (N-methyl/N-ethyl adjacent to an activating group) is 1. The summed E-state index contributed by atoms with van der Waals surface area (Å²) in [6, 6.07) is 20.2. The van der Waals surface area contributed by atoms with Gasteiger partial charge in [-0.2, -0.15) is 0 Å². The maximum absolute atomic E-state index is 13.9. The van der Waals surface area contributed by atoms with Crippen LogP contribution in [0.1, 0.15) is 18.1 Å². The van der Waals surface area contributed by atoms with E-state index in [4.69, 9.17) is 11.6 Å². The van der Waals surface area contributed by atoms with Crippen molar-refractivity contribution in [2.45, 2.75) is 25.9 Å². The lowest BCUT2D eigenvalue weighted by molar-refractivity contribution is -0.140. The fourth-order valence-electron chi connectivity index (χ4n) is 3.90. The van der Waals surface area contributed by atoms with Gasteiger partial charge < -0.3 is 10.2 Å². The van der Waals surface area contributed by atoms with Gasteiger partial charge in [0, 0.05) is 24.5 Å². The molecule has 0 aliphatic rings. The van der Waals surface area contributed by atoms with Gasteiger partial charge in [-0.15, -0.1) is 0 Å². The lowest BCUT2D eigenvalue weighted by Gasteiger charge is -2.33. The Labute approximate surface area is 221 Å². The summed E-state index contributed by atoms with van der Waals surface area (Å²) in [5, 5.41) is 3.18. The van der Waals surface area contributed by atoms with Gasteiger partial charge in [-0.25, -0.2) is 12.8 Å². The third-order valence-electron chi connectivity index (χ3n) is 5.70. The molecular weight excluding hydrogens is 517 g/mol. The minimum absolute atomic E-state index is 0.00571. The first-order valence-electron chi connectivity index (χ1n) is 11.7. The van der Waals surface area contributed by atoms with Crippen LogP contribution in [0.2, 0.25) is 5.02 Å². The number of nitrogens with one attached hydrogen (secondary N) is 1. The minimum atomic E-state index is -3.97. The normalized spacial score (nSPS) is 12.0. The van der Waals surface area contributed by atoms with Gasteiger partial charge in [0.1, 0.15) is 18.4 Å². The number of hydrogen-bond donors (Lipinski definition) is 1. The Balaban J connectivity index is 2.05. The Kier molecular flexibility index (Phi) is 9.66. The second kappa shape index (κ2) is 12.7. The standard InChI is InChI=1S/C27H29ClFN3O4S/c1-3-30-27(34)25(16-20-10-5-4-6-11-20)31(18-21-12-7-8-15-24(21)28)26(33)19-32(37(2,35)36)23-14-9-13-22(29)17-23/h4-15,17,25H,3,16,18-19H2,1-2H3,(H,30,34)/t25-/m1/s1. The molecule has 3 rings (SSSR count). The summed E-state index contributed by atoms with van der Waals surface area (Å²) in [5.74, 6) is -1.67. The predicted octanol–water partition coefficient (Wildman–Crippen LogP) is 4.02. The first-order valence-corrected chi connectivity index (χ1v) is 13.9. The molecule has 7 nitrogen and oxygen atoms in total. The van der Waals surface area contributed by atoms with Gasteiger partial charge in [-0.3, -0.25) is 13.9 Å². The highest BCUT2D eigenvalue weighted by atomic mass is 35.5. The molecule has 0 bridgehead atoms. The van der Waals surface area contributed by atoms with Crippen molar-refractivity contribution < 1.29 is 22.4 Å². The zero-order valence-corrected chi connectivity index (χ0v) is 22.2. The van der Waals surface area contributed by atoms with E-state index in [0.29, 0.717) is 17.1 Å². The quantitative estimate of drug-likeness (QED) is 0.394. The molecule has 2 amide bonds. The van der Waals surface area contributed by atoms with Crippen LogP contribution in [0.15, 0.2) is 78.9 Å². The molecule has 3 aromatic carbocycles. The van der Waals surface area contributed by atoms with E-state index in [9.17, 15) is 22.4 Å². The molecule has 0 heterocycles. The molecule has 0 radical (unpaired) electrons. The highest BCUT2D eigenvalue weighted by Crippen LogP contribution is 2.23. The molecule has 0 aliphatic heterocycles. The summed E-state index contributed by atoms with van der Waals surface area (Å²) in [6.07, 6.45) is 1.14. The number of amides is 2. The number of benzene rings is 3. The molecule has 0 spiro atoms. The number of sulfonamides is 1. The largest absolute Gasteiger partial charge is 0.355 e. The Morgan fingerprint density at radius 3 is 2.30 bits per heavy atom. The van der Waals surface area contributed by atoms with Crippen LogP contribution in [0.5, 0.6) is 0 Å². The van der Waals surface area contributed by atoms with Gasteiger partial charge >= 0.3 is 0 Å². The summed E-state index contributed by atoms with van der Waals surface area (Å²) < 4.78 is 40.0. The van der Waals surface area contributed by atoms with E-state index in [1.54, 1.807) is 31.2 Å². The van der Waals surface area contributed by atoms with E-state index in [-0.39, 0.29) is 24.6 Å². The average molecular weight is 546 g/mol. The molecule has 0 aromatic heterocycles. The number of hydrogen-bond acceptors (Lipinski definition) is 4. The fraction of sp³-hybridized carbons (Fsp3) is 0.259. The van der Waals surface area contributed by atoms with Crippen LogP contribution in [-0.4, -0.2) is 50.5 Å². The molecule has 0 unspecified atom stereocenters. The van der Waals surface area contributed by atoms with Crippen molar-refractivity contribution in [3.05, 3.63) is 101 Å². The second-order valence-corrected chi connectivity index (χ2v) is 10.8. The monoisotopic (exact) mass is 545 g/mol. The second-order valence-electron chi connectivity index (χ2n) is 8.46. The Bertz CT molecular complexity index is 1340. The zero-order chi connectivity index (χ0) is 27.0. The minimum Gasteiger partial charge on any atom is -0.355 e. The number of nitrogens with zero attached hydrogens (tertiary/aromatic N) is 2. The van der Waals surface area contributed by atoms with E-state index in [1.807, 2.05) is 30.3 Å². The molecule has 0 aliphatic carbocycles. The van der Waals surface area contributed by atoms with Gasteiger partial charge in [0.25, 0.3) is 0 Å². The van der Waals surface area contributed by atoms with Gasteiger partial charge in [0.05, 0.1) is 11.9 Å². The molecule has 196 valence electrons. The molecule has 1 N–H and O–H groups in total.